The second kappa shape index (κ2) is 5.49. The fraction of sp³-hybridized carbons (Fsp3) is 0.375. The predicted octanol–water partition coefficient (Wildman–Crippen LogP) is 1.48. The fourth-order valence-corrected chi connectivity index (χ4v) is 3.30. The highest BCUT2D eigenvalue weighted by molar-refractivity contribution is 5.93. The number of rotatable bonds is 2. The molecule has 0 aromatic carbocycles. The summed E-state index contributed by atoms with van der Waals surface area (Å²) < 4.78 is 3.68. The van der Waals surface area contributed by atoms with E-state index < -0.39 is 0 Å². The van der Waals surface area contributed by atoms with E-state index in [2.05, 4.69) is 15.1 Å². The van der Waals surface area contributed by atoms with Crippen molar-refractivity contribution in [2.45, 2.75) is 18.8 Å². The summed E-state index contributed by atoms with van der Waals surface area (Å²) in [7, 11) is 1.82. The number of carbonyl (C=O) groups excluding carboxylic acids is 1. The molecule has 1 atom stereocenters. The van der Waals surface area contributed by atoms with Gasteiger partial charge in [0.1, 0.15) is 0 Å². The highest BCUT2D eigenvalue weighted by Gasteiger charge is 2.27. The molecular weight excluding hydrogens is 292 g/mol. The van der Waals surface area contributed by atoms with Crippen molar-refractivity contribution in [1.82, 2.24) is 29.0 Å². The molecule has 3 aromatic rings. The number of hydrogen-bond donors (Lipinski definition) is 0. The zero-order valence-electron chi connectivity index (χ0n) is 13.0. The standard InChI is InChI=1S/C16H18N6O/c1-20-10-13(9-19-20)15(23)21-7-2-3-12(11-21)14-4-5-17-16-18-6-8-22(14)16/h4-6,8-10,12H,2-3,7,11H2,1H3/t12-/m1/s1. The van der Waals surface area contributed by atoms with Gasteiger partial charge < -0.3 is 4.90 Å². The van der Waals surface area contributed by atoms with Gasteiger partial charge in [0.2, 0.25) is 5.78 Å². The van der Waals surface area contributed by atoms with Gasteiger partial charge >= 0.3 is 0 Å². The summed E-state index contributed by atoms with van der Waals surface area (Å²) in [6.07, 6.45) is 10.9. The molecule has 1 aliphatic rings. The normalized spacial score (nSPS) is 18.5. The molecule has 0 spiro atoms. The van der Waals surface area contributed by atoms with E-state index >= 15 is 0 Å². The molecule has 1 amide bonds. The summed E-state index contributed by atoms with van der Waals surface area (Å²) in [5, 5.41) is 4.09. The van der Waals surface area contributed by atoms with Crippen LogP contribution in [-0.2, 0) is 7.05 Å². The molecule has 1 fully saturated rings. The van der Waals surface area contributed by atoms with Crippen LogP contribution < -0.4 is 0 Å². The molecule has 1 saturated heterocycles. The van der Waals surface area contributed by atoms with Crippen LogP contribution in [0.3, 0.4) is 0 Å². The van der Waals surface area contributed by atoms with Gasteiger partial charge in [-0.2, -0.15) is 5.10 Å². The molecule has 1 aliphatic heterocycles. The Balaban J connectivity index is 1.60. The van der Waals surface area contributed by atoms with Crippen molar-refractivity contribution in [3.63, 3.8) is 0 Å². The Morgan fingerprint density at radius 3 is 3.00 bits per heavy atom. The van der Waals surface area contributed by atoms with E-state index in [-0.39, 0.29) is 5.91 Å². The van der Waals surface area contributed by atoms with Crippen molar-refractivity contribution in [1.29, 1.82) is 0 Å². The molecular formula is C16H18N6O. The van der Waals surface area contributed by atoms with Gasteiger partial charge in [0.25, 0.3) is 5.91 Å². The lowest BCUT2D eigenvalue weighted by Gasteiger charge is -2.33. The molecule has 3 aromatic heterocycles. The first kappa shape index (κ1) is 13.9. The molecule has 4 rings (SSSR count). The van der Waals surface area contributed by atoms with Crippen LogP contribution in [0.15, 0.2) is 37.1 Å². The number of piperidine rings is 1. The van der Waals surface area contributed by atoms with Gasteiger partial charge in [0, 0.05) is 56.5 Å². The molecule has 0 unspecified atom stereocenters. The fourth-order valence-electron chi connectivity index (χ4n) is 3.30. The van der Waals surface area contributed by atoms with Crippen molar-refractivity contribution in [2.75, 3.05) is 13.1 Å². The Bertz CT molecular complexity index is 851. The highest BCUT2D eigenvalue weighted by atomic mass is 16.2. The Morgan fingerprint density at radius 2 is 2.17 bits per heavy atom. The highest BCUT2D eigenvalue weighted by Crippen LogP contribution is 2.27. The SMILES string of the molecule is Cn1cc(C(=O)N2CCC[C@@H](c3ccnc4nccn34)C2)cn1. The van der Waals surface area contributed by atoms with Crippen LogP contribution in [0, 0.1) is 0 Å². The average molecular weight is 310 g/mol. The second-order valence-electron chi connectivity index (χ2n) is 5.96. The van der Waals surface area contributed by atoms with Crippen LogP contribution in [0.2, 0.25) is 0 Å². The maximum Gasteiger partial charge on any atom is 0.257 e. The third-order valence-corrected chi connectivity index (χ3v) is 4.41. The van der Waals surface area contributed by atoms with E-state index in [1.165, 1.54) is 0 Å². The minimum atomic E-state index is 0.0544. The van der Waals surface area contributed by atoms with Gasteiger partial charge in [-0.05, 0) is 18.9 Å². The van der Waals surface area contributed by atoms with E-state index in [0.29, 0.717) is 23.8 Å². The summed E-state index contributed by atoms with van der Waals surface area (Å²) in [4.78, 5) is 23.1. The van der Waals surface area contributed by atoms with E-state index in [1.807, 2.05) is 28.6 Å². The average Bonchev–Trinajstić information content (AvgIpc) is 3.22. The molecule has 7 heteroatoms. The quantitative estimate of drug-likeness (QED) is 0.719. The number of fused-ring (bicyclic) bond motifs is 1. The summed E-state index contributed by atoms with van der Waals surface area (Å²) in [6, 6.07) is 2.03. The lowest BCUT2D eigenvalue weighted by atomic mass is 9.94. The second-order valence-corrected chi connectivity index (χ2v) is 5.96. The first-order chi connectivity index (χ1) is 11.2. The van der Waals surface area contributed by atoms with Gasteiger partial charge in [0.15, 0.2) is 0 Å². The van der Waals surface area contributed by atoms with Crippen LogP contribution in [0.25, 0.3) is 5.78 Å². The van der Waals surface area contributed by atoms with Gasteiger partial charge in [-0.15, -0.1) is 0 Å². The molecule has 0 saturated carbocycles. The number of aryl methyl sites for hydroxylation is 1. The lowest BCUT2D eigenvalue weighted by Crippen LogP contribution is -2.39. The largest absolute Gasteiger partial charge is 0.338 e. The van der Waals surface area contributed by atoms with Crippen molar-refractivity contribution in [3.8, 4) is 0 Å². The monoisotopic (exact) mass is 310 g/mol. The lowest BCUT2D eigenvalue weighted by molar-refractivity contribution is 0.0705. The third-order valence-electron chi connectivity index (χ3n) is 4.41. The van der Waals surface area contributed by atoms with Crippen molar-refractivity contribution in [2.24, 2.45) is 7.05 Å². The Labute approximate surface area is 133 Å². The molecule has 0 radical (unpaired) electrons. The zero-order valence-corrected chi connectivity index (χ0v) is 13.0. The van der Waals surface area contributed by atoms with Crippen LogP contribution >= 0.6 is 0 Å². The van der Waals surface area contributed by atoms with Crippen LogP contribution in [-0.4, -0.2) is 48.0 Å². The van der Waals surface area contributed by atoms with Gasteiger partial charge in [-0.1, -0.05) is 0 Å². The van der Waals surface area contributed by atoms with Crippen molar-refractivity contribution in [3.05, 3.63) is 48.3 Å². The minimum absolute atomic E-state index is 0.0544. The molecule has 4 heterocycles. The van der Waals surface area contributed by atoms with E-state index in [0.717, 1.165) is 25.1 Å². The first-order valence-electron chi connectivity index (χ1n) is 7.78. The summed E-state index contributed by atoms with van der Waals surface area (Å²) in [5.41, 5.74) is 1.81. The smallest absolute Gasteiger partial charge is 0.257 e. The molecule has 118 valence electrons. The number of nitrogens with zero attached hydrogens (tertiary/aromatic N) is 6. The number of imidazole rings is 1. The van der Waals surface area contributed by atoms with Gasteiger partial charge in [0.05, 0.1) is 11.8 Å². The Morgan fingerprint density at radius 1 is 1.30 bits per heavy atom. The molecule has 23 heavy (non-hydrogen) atoms. The number of amides is 1. The molecule has 0 bridgehead atoms. The molecule has 0 N–H and O–H groups in total. The molecule has 0 aliphatic carbocycles. The van der Waals surface area contributed by atoms with Crippen LogP contribution in [0.5, 0.6) is 0 Å². The number of likely N-dealkylation sites (tertiary alicyclic amines) is 1. The van der Waals surface area contributed by atoms with Crippen molar-refractivity contribution < 1.29 is 4.79 Å². The Kier molecular flexibility index (Phi) is 3.33. The van der Waals surface area contributed by atoms with Gasteiger partial charge in [-0.25, -0.2) is 9.97 Å². The third kappa shape index (κ3) is 2.48. The predicted molar refractivity (Wildman–Crippen MR) is 84.1 cm³/mol. The maximum absolute atomic E-state index is 12.6. The first-order valence-corrected chi connectivity index (χ1v) is 7.78. The zero-order chi connectivity index (χ0) is 15.8. The maximum atomic E-state index is 12.6. The molecule has 7 nitrogen and oxygen atoms in total. The van der Waals surface area contributed by atoms with Crippen LogP contribution in [0.4, 0.5) is 0 Å². The summed E-state index contributed by atoms with van der Waals surface area (Å²) >= 11 is 0. The van der Waals surface area contributed by atoms with Gasteiger partial charge in [-0.3, -0.25) is 13.9 Å². The number of hydrogen-bond acceptors (Lipinski definition) is 4. The van der Waals surface area contributed by atoms with E-state index in [1.54, 1.807) is 29.5 Å². The minimum Gasteiger partial charge on any atom is -0.338 e. The van der Waals surface area contributed by atoms with E-state index in [4.69, 9.17) is 0 Å². The van der Waals surface area contributed by atoms with Crippen LogP contribution in [0.1, 0.15) is 34.8 Å². The number of aromatic nitrogens is 5. The number of carbonyl (C=O) groups is 1. The summed E-state index contributed by atoms with van der Waals surface area (Å²) in [5.74, 6) is 1.06. The van der Waals surface area contributed by atoms with E-state index in [9.17, 15) is 4.79 Å². The Hall–Kier alpha value is -2.70. The summed E-state index contributed by atoms with van der Waals surface area (Å²) in [6.45, 7) is 1.51. The van der Waals surface area contributed by atoms with Crippen molar-refractivity contribution >= 4 is 11.7 Å². The topological polar surface area (TPSA) is 68.3 Å².